The molecule has 4 rings (SSSR count). The summed E-state index contributed by atoms with van der Waals surface area (Å²) in [5, 5.41) is 4.77. The van der Waals surface area contributed by atoms with Gasteiger partial charge in [0, 0.05) is 26.1 Å². The number of aryl methyl sites for hydroxylation is 1. The fraction of sp³-hybridized carbons (Fsp3) is 0.294. The molecule has 0 spiro atoms. The quantitative estimate of drug-likeness (QED) is 0.244. The maximum Gasteiger partial charge on any atom is 0.243 e. The Kier molecular flexibility index (Phi) is 10.1. The lowest BCUT2D eigenvalue weighted by atomic mass is 10.0. The van der Waals surface area contributed by atoms with E-state index in [-0.39, 0.29) is 23.4 Å². The molecule has 0 aliphatic carbocycles. The van der Waals surface area contributed by atoms with Crippen LogP contribution in [0.5, 0.6) is 0 Å². The van der Waals surface area contributed by atoms with Crippen LogP contribution in [0.25, 0.3) is 10.8 Å². The van der Waals surface area contributed by atoms with Crippen molar-refractivity contribution in [1.82, 2.24) is 14.5 Å². The number of carbonyl (C=O) groups excluding carboxylic acids is 2. The van der Waals surface area contributed by atoms with Gasteiger partial charge in [-0.15, -0.1) is 0 Å². The minimum atomic E-state index is -3.98. The predicted octanol–water partition coefficient (Wildman–Crippen LogP) is 5.32. The predicted molar refractivity (Wildman–Crippen MR) is 167 cm³/mol. The van der Waals surface area contributed by atoms with Gasteiger partial charge in [0.15, 0.2) is 0 Å². The van der Waals surface area contributed by atoms with Crippen molar-refractivity contribution in [2.24, 2.45) is 0 Å². The summed E-state index contributed by atoms with van der Waals surface area (Å²) in [7, 11) is -2.58. The summed E-state index contributed by atoms with van der Waals surface area (Å²) in [5.41, 5.74) is 2.79. The van der Waals surface area contributed by atoms with Crippen LogP contribution in [-0.2, 0) is 32.6 Å². The van der Waals surface area contributed by atoms with Crippen LogP contribution >= 0.6 is 0 Å². The molecule has 0 aromatic heterocycles. The zero-order valence-electron chi connectivity index (χ0n) is 24.7. The SMILES string of the molecule is CC[C@@H](C)NC(=O)[C@@H](Cc1ccccc1)N(Cc1cccc(C)c1)C(=O)CN(C)S(=O)(=O)c1ccc2ccccc2c1. The average molecular weight is 586 g/mol. The third-order valence-electron chi connectivity index (χ3n) is 7.49. The van der Waals surface area contributed by atoms with Crippen LogP contribution in [-0.4, -0.2) is 55.1 Å². The van der Waals surface area contributed by atoms with E-state index in [1.807, 2.05) is 99.6 Å². The first kappa shape index (κ1) is 30.9. The van der Waals surface area contributed by atoms with E-state index in [0.29, 0.717) is 6.42 Å². The molecule has 2 atom stereocenters. The Morgan fingerprint density at radius 1 is 0.833 bits per heavy atom. The van der Waals surface area contributed by atoms with Crippen molar-refractivity contribution < 1.29 is 18.0 Å². The third kappa shape index (κ3) is 7.63. The number of nitrogens with one attached hydrogen (secondary N) is 1. The number of hydrogen-bond donors (Lipinski definition) is 1. The number of rotatable bonds is 12. The Morgan fingerprint density at radius 2 is 1.50 bits per heavy atom. The van der Waals surface area contributed by atoms with E-state index >= 15 is 0 Å². The van der Waals surface area contributed by atoms with Gasteiger partial charge in [0.25, 0.3) is 0 Å². The lowest BCUT2D eigenvalue weighted by molar-refractivity contribution is -0.141. The van der Waals surface area contributed by atoms with Crippen LogP contribution < -0.4 is 5.32 Å². The molecule has 2 amide bonds. The van der Waals surface area contributed by atoms with E-state index in [2.05, 4.69) is 5.32 Å². The number of carbonyl (C=O) groups is 2. The molecule has 0 bridgehead atoms. The van der Waals surface area contributed by atoms with Gasteiger partial charge in [-0.1, -0.05) is 97.4 Å². The van der Waals surface area contributed by atoms with Crippen LogP contribution in [0.4, 0.5) is 0 Å². The minimum Gasteiger partial charge on any atom is -0.352 e. The molecular formula is C34H39N3O4S. The molecule has 0 heterocycles. The molecule has 4 aromatic carbocycles. The number of sulfonamides is 1. The molecule has 0 unspecified atom stereocenters. The topological polar surface area (TPSA) is 86.8 Å². The van der Waals surface area contributed by atoms with E-state index in [1.54, 1.807) is 18.2 Å². The summed E-state index contributed by atoms with van der Waals surface area (Å²) in [5.74, 6) is -0.724. The van der Waals surface area contributed by atoms with Crippen LogP contribution in [0, 0.1) is 6.92 Å². The standard InChI is InChI=1S/C34H39N3O4S/c1-5-26(3)35-34(39)32(21-27-13-7-6-8-14-27)37(23-28-15-11-12-25(2)20-28)33(38)24-36(4)42(40,41)31-19-18-29-16-9-10-17-30(29)22-31/h6-20,22,26,32H,5,21,23-24H2,1-4H3,(H,35,39)/t26-,32-/m1/s1. The van der Waals surface area contributed by atoms with Crippen molar-refractivity contribution in [1.29, 1.82) is 0 Å². The Hall–Kier alpha value is -4.01. The monoisotopic (exact) mass is 585 g/mol. The van der Waals surface area contributed by atoms with Gasteiger partial charge in [0.1, 0.15) is 6.04 Å². The molecule has 0 saturated carbocycles. The number of benzene rings is 4. The summed E-state index contributed by atoms with van der Waals surface area (Å²) < 4.78 is 28.2. The molecule has 1 N–H and O–H groups in total. The number of fused-ring (bicyclic) bond motifs is 1. The highest BCUT2D eigenvalue weighted by Crippen LogP contribution is 2.22. The first-order valence-corrected chi connectivity index (χ1v) is 15.7. The lowest BCUT2D eigenvalue weighted by Gasteiger charge is -2.33. The number of nitrogens with zero attached hydrogens (tertiary/aromatic N) is 2. The van der Waals surface area contributed by atoms with Gasteiger partial charge in [-0.05, 0) is 54.3 Å². The highest BCUT2D eigenvalue weighted by atomic mass is 32.2. The van der Waals surface area contributed by atoms with Gasteiger partial charge in [0.2, 0.25) is 21.8 Å². The molecule has 0 fully saturated rings. The van der Waals surface area contributed by atoms with Crippen LogP contribution in [0.3, 0.4) is 0 Å². The third-order valence-corrected chi connectivity index (χ3v) is 9.29. The maximum atomic E-state index is 14.1. The largest absolute Gasteiger partial charge is 0.352 e. The number of amides is 2. The van der Waals surface area contributed by atoms with Crippen LogP contribution in [0.15, 0.2) is 102 Å². The number of hydrogen-bond acceptors (Lipinski definition) is 4. The normalized spacial score (nSPS) is 13.1. The second-order valence-corrected chi connectivity index (χ2v) is 12.8. The van der Waals surface area contributed by atoms with Crippen LogP contribution in [0.1, 0.15) is 37.0 Å². The van der Waals surface area contributed by atoms with Crippen molar-refractivity contribution in [3.63, 3.8) is 0 Å². The van der Waals surface area contributed by atoms with Gasteiger partial charge >= 0.3 is 0 Å². The maximum absolute atomic E-state index is 14.1. The van der Waals surface area contributed by atoms with Gasteiger partial charge in [0.05, 0.1) is 11.4 Å². The average Bonchev–Trinajstić information content (AvgIpc) is 2.98. The second-order valence-electron chi connectivity index (χ2n) is 10.8. The zero-order valence-corrected chi connectivity index (χ0v) is 25.5. The highest BCUT2D eigenvalue weighted by molar-refractivity contribution is 7.89. The van der Waals surface area contributed by atoms with E-state index in [9.17, 15) is 18.0 Å². The molecule has 0 saturated heterocycles. The summed E-state index contributed by atoms with van der Waals surface area (Å²) in [6.07, 6.45) is 1.03. The van der Waals surface area contributed by atoms with E-state index < -0.39 is 28.5 Å². The van der Waals surface area contributed by atoms with Gasteiger partial charge in [-0.25, -0.2) is 8.42 Å². The van der Waals surface area contributed by atoms with E-state index in [4.69, 9.17) is 0 Å². The molecule has 220 valence electrons. The second kappa shape index (κ2) is 13.8. The summed E-state index contributed by atoms with van der Waals surface area (Å²) in [6.45, 7) is 5.63. The Bertz CT molecular complexity index is 1640. The Labute approximate surface area is 249 Å². The molecule has 0 radical (unpaired) electrons. The van der Waals surface area contributed by atoms with Crippen molar-refractivity contribution in [3.8, 4) is 0 Å². The highest BCUT2D eigenvalue weighted by Gasteiger charge is 2.33. The molecule has 0 aliphatic rings. The molecule has 42 heavy (non-hydrogen) atoms. The fourth-order valence-corrected chi connectivity index (χ4v) is 6.03. The summed E-state index contributed by atoms with van der Waals surface area (Å²) in [4.78, 5) is 29.4. The van der Waals surface area contributed by atoms with Crippen molar-refractivity contribution in [2.45, 2.75) is 57.1 Å². The fourth-order valence-electron chi connectivity index (χ4n) is 4.88. The zero-order chi connectivity index (χ0) is 30.3. The van der Waals surface area contributed by atoms with Crippen LogP contribution in [0.2, 0.25) is 0 Å². The Balaban J connectivity index is 1.68. The van der Waals surface area contributed by atoms with Gasteiger partial charge in [-0.2, -0.15) is 4.31 Å². The van der Waals surface area contributed by atoms with E-state index in [1.165, 1.54) is 11.9 Å². The lowest BCUT2D eigenvalue weighted by Crippen LogP contribution is -2.54. The first-order valence-electron chi connectivity index (χ1n) is 14.2. The van der Waals surface area contributed by atoms with Gasteiger partial charge in [-0.3, -0.25) is 9.59 Å². The van der Waals surface area contributed by atoms with Gasteiger partial charge < -0.3 is 10.2 Å². The molecule has 7 nitrogen and oxygen atoms in total. The molecule has 4 aromatic rings. The first-order chi connectivity index (χ1) is 20.1. The number of likely N-dealkylation sites (N-methyl/N-ethyl adjacent to an activating group) is 1. The molecular weight excluding hydrogens is 546 g/mol. The van der Waals surface area contributed by atoms with E-state index in [0.717, 1.165) is 38.2 Å². The summed E-state index contributed by atoms with van der Waals surface area (Å²) in [6, 6.07) is 28.9. The van der Waals surface area contributed by atoms with Crippen molar-refractivity contribution in [2.75, 3.05) is 13.6 Å². The molecule has 8 heteroatoms. The summed E-state index contributed by atoms with van der Waals surface area (Å²) >= 11 is 0. The van der Waals surface area contributed by atoms with Crippen molar-refractivity contribution >= 4 is 32.6 Å². The smallest absolute Gasteiger partial charge is 0.243 e. The van der Waals surface area contributed by atoms with Crippen molar-refractivity contribution in [3.05, 3.63) is 114 Å². The minimum absolute atomic E-state index is 0.0809. The Morgan fingerprint density at radius 3 is 2.19 bits per heavy atom. The molecule has 0 aliphatic heterocycles.